The molecule has 0 amide bonds. The van der Waals surface area contributed by atoms with Crippen molar-refractivity contribution in [2.24, 2.45) is 16.7 Å². The van der Waals surface area contributed by atoms with E-state index in [1.807, 2.05) is 0 Å². The van der Waals surface area contributed by atoms with Gasteiger partial charge >= 0.3 is 0 Å². The average Bonchev–Trinajstić information content (AvgIpc) is 2.16. The van der Waals surface area contributed by atoms with Crippen LogP contribution in [0.1, 0.15) is 52.9 Å². The second-order valence-electron chi connectivity index (χ2n) is 6.38. The van der Waals surface area contributed by atoms with Crippen LogP contribution in [0.2, 0.25) is 0 Å². The van der Waals surface area contributed by atoms with E-state index < -0.39 is 0 Å². The van der Waals surface area contributed by atoms with Crippen molar-refractivity contribution in [2.45, 2.75) is 52.9 Å². The second-order valence-corrected chi connectivity index (χ2v) is 6.38. The van der Waals surface area contributed by atoms with Crippen LogP contribution in [-0.2, 0) is 0 Å². The lowest BCUT2D eigenvalue weighted by atomic mass is 9.61. The molecule has 2 heteroatoms. The number of aliphatic hydroxyl groups is 2. The third-order valence-corrected chi connectivity index (χ3v) is 3.76. The van der Waals surface area contributed by atoms with Gasteiger partial charge in [-0.05, 0) is 36.0 Å². The van der Waals surface area contributed by atoms with Crippen molar-refractivity contribution >= 4 is 0 Å². The number of hydrogen-bond donors (Lipinski definition) is 2. The molecular weight excluding hydrogens is 188 g/mol. The Morgan fingerprint density at radius 3 is 2.33 bits per heavy atom. The van der Waals surface area contributed by atoms with Gasteiger partial charge in [0.25, 0.3) is 0 Å². The molecule has 15 heavy (non-hydrogen) atoms. The molecule has 1 aliphatic rings. The van der Waals surface area contributed by atoms with Crippen molar-refractivity contribution in [3.63, 3.8) is 0 Å². The lowest BCUT2D eigenvalue weighted by Crippen LogP contribution is -2.42. The summed E-state index contributed by atoms with van der Waals surface area (Å²) in [6.45, 7) is 7.11. The molecule has 0 aliphatic heterocycles. The van der Waals surface area contributed by atoms with Crippen molar-refractivity contribution in [1.82, 2.24) is 0 Å². The van der Waals surface area contributed by atoms with Crippen LogP contribution in [0.3, 0.4) is 0 Å². The highest BCUT2D eigenvalue weighted by molar-refractivity contribution is 4.92. The van der Waals surface area contributed by atoms with Crippen molar-refractivity contribution < 1.29 is 10.2 Å². The maximum atomic E-state index is 9.70. The van der Waals surface area contributed by atoms with Gasteiger partial charge in [-0.2, -0.15) is 0 Å². The Bertz CT molecular complexity index is 195. The summed E-state index contributed by atoms with van der Waals surface area (Å²) < 4.78 is 0. The number of aliphatic hydroxyl groups excluding tert-OH is 2. The standard InChI is InChI=1S/C13H26O2/c1-12(2,3)9-13(10-15)7-5-4-6-11(13)8-14/h11,14-15H,4-10H2,1-3H3. The van der Waals surface area contributed by atoms with E-state index in [1.54, 1.807) is 0 Å². The SMILES string of the molecule is CC(C)(C)CC1(CO)CCCCC1CO. The lowest BCUT2D eigenvalue weighted by molar-refractivity contribution is -0.0336. The molecule has 1 fully saturated rings. The summed E-state index contributed by atoms with van der Waals surface area (Å²) >= 11 is 0. The Kier molecular flexibility index (Phi) is 4.19. The van der Waals surface area contributed by atoms with Crippen LogP contribution in [0, 0.1) is 16.7 Å². The highest BCUT2D eigenvalue weighted by Crippen LogP contribution is 2.47. The van der Waals surface area contributed by atoms with Gasteiger partial charge in [0.05, 0.1) is 0 Å². The zero-order valence-electron chi connectivity index (χ0n) is 10.4. The normalized spacial score (nSPS) is 33.0. The summed E-state index contributed by atoms with van der Waals surface area (Å²) in [6.07, 6.45) is 5.57. The zero-order chi connectivity index (χ0) is 11.5. The summed E-state index contributed by atoms with van der Waals surface area (Å²) in [5.41, 5.74) is 0.207. The van der Waals surface area contributed by atoms with Crippen LogP contribution >= 0.6 is 0 Å². The summed E-state index contributed by atoms with van der Waals surface area (Å²) in [7, 11) is 0. The minimum atomic E-state index is -0.0226. The molecule has 0 saturated heterocycles. The molecule has 1 rings (SSSR count). The maximum absolute atomic E-state index is 9.70. The Balaban J connectivity index is 2.79. The van der Waals surface area contributed by atoms with Gasteiger partial charge in [0.1, 0.15) is 0 Å². The number of rotatable bonds is 3. The highest BCUT2D eigenvalue weighted by Gasteiger charge is 2.42. The summed E-state index contributed by atoms with van der Waals surface area (Å²) in [5.74, 6) is 0.301. The topological polar surface area (TPSA) is 40.5 Å². The summed E-state index contributed by atoms with van der Waals surface area (Å²) in [5, 5.41) is 19.1. The van der Waals surface area contributed by atoms with Crippen molar-refractivity contribution in [3.8, 4) is 0 Å². The van der Waals surface area contributed by atoms with Gasteiger partial charge in [-0.3, -0.25) is 0 Å². The van der Waals surface area contributed by atoms with E-state index in [9.17, 15) is 10.2 Å². The summed E-state index contributed by atoms with van der Waals surface area (Å²) in [6, 6.07) is 0. The smallest absolute Gasteiger partial charge is 0.0491 e. The van der Waals surface area contributed by atoms with Crippen LogP contribution in [0.15, 0.2) is 0 Å². The van der Waals surface area contributed by atoms with E-state index >= 15 is 0 Å². The molecule has 0 aromatic carbocycles. The maximum Gasteiger partial charge on any atom is 0.0491 e. The third-order valence-electron chi connectivity index (χ3n) is 3.76. The Morgan fingerprint density at radius 1 is 1.20 bits per heavy atom. The van der Waals surface area contributed by atoms with E-state index in [-0.39, 0.29) is 24.0 Å². The minimum absolute atomic E-state index is 0.0226. The van der Waals surface area contributed by atoms with Gasteiger partial charge in [0.2, 0.25) is 0 Å². The van der Waals surface area contributed by atoms with Gasteiger partial charge in [-0.15, -0.1) is 0 Å². The predicted octanol–water partition coefficient (Wildman–Crippen LogP) is 2.58. The van der Waals surface area contributed by atoms with Gasteiger partial charge < -0.3 is 10.2 Å². The van der Waals surface area contributed by atoms with Crippen molar-refractivity contribution in [2.75, 3.05) is 13.2 Å². The van der Waals surface area contributed by atoms with Crippen LogP contribution < -0.4 is 0 Å². The van der Waals surface area contributed by atoms with Gasteiger partial charge in [-0.25, -0.2) is 0 Å². The largest absolute Gasteiger partial charge is 0.396 e. The van der Waals surface area contributed by atoms with Crippen LogP contribution in [0.25, 0.3) is 0 Å². The highest BCUT2D eigenvalue weighted by atomic mass is 16.3. The first-order valence-electron chi connectivity index (χ1n) is 6.15. The van der Waals surface area contributed by atoms with Gasteiger partial charge in [0, 0.05) is 13.2 Å². The predicted molar refractivity (Wildman–Crippen MR) is 62.6 cm³/mol. The molecule has 0 aromatic rings. The molecule has 2 N–H and O–H groups in total. The van der Waals surface area contributed by atoms with Crippen molar-refractivity contribution in [1.29, 1.82) is 0 Å². The Morgan fingerprint density at radius 2 is 1.87 bits per heavy atom. The van der Waals surface area contributed by atoms with Crippen LogP contribution in [0.5, 0.6) is 0 Å². The fraction of sp³-hybridized carbons (Fsp3) is 1.00. The molecule has 0 aromatic heterocycles. The molecule has 1 aliphatic carbocycles. The average molecular weight is 214 g/mol. The molecule has 0 spiro atoms. The molecule has 2 unspecified atom stereocenters. The zero-order valence-corrected chi connectivity index (χ0v) is 10.4. The molecule has 0 heterocycles. The molecule has 90 valence electrons. The van der Waals surface area contributed by atoms with Crippen molar-refractivity contribution in [3.05, 3.63) is 0 Å². The van der Waals surface area contributed by atoms with E-state index in [1.165, 1.54) is 12.8 Å². The Hall–Kier alpha value is -0.0800. The fourth-order valence-electron chi connectivity index (χ4n) is 3.22. The Labute approximate surface area is 93.7 Å². The first-order valence-corrected chi connectivity index (χ1v) is 6.15. The third kappa shape index (κ3) is 3.18. The molecular formula is C13H26O2. The van der Waals surface area contributed by atoms with E-state index in [0.29, 0.717) is 5.92 Å². The monoisotopic (exact) mass is 214 g/mol. The first kappa shape index (κ1) is 13.0. The summed E-state index contributed by atoms with van der Waals surface area (Å²) in [4.78, 5) is 0. The lowest BCUT2D eigenvalue weighted by Gasteiger charge is -2.45. The van der Waals surface area contributed by atoms with Gasteiger partial charge in [-0.1, -0.05) is 33.6 Å². The van der Waals surface area contributed by atoms with Crippen LogP contribution in [-0.4, -0.2) is 23.4 Å². The van der Waals surface area contributed by atoms with Crippen LogP contribution in [0.4, 0.5) is 0 Å². The number of hydrogen-bond acceptors (Lipinski definition) is 2. The first-order chi connectivity index (χ1) is 6.93. The molecule has 2 atom stereocenters. The quantitative estimate of drug-likeness (QED) is 0.758. The second kappa shape index (κ2) is 4.84. The molecule has 0 radical (unpaired) electrons. The van der Waals surface area contributed by atoms with E-state index in [2.05, 4.69) is 20.8 Å². The molecule has 0 bridgehead atoms. The molecule has 1 saturated carbocycles. The molecule has 2 nitrogen and oxygen atoms in total. The van der Waals surface area contributed by atoms with E-state index in [0.717, 1.165) is 19.3 Å². The van der Waals surface area contributed by atoms with E-state index in [4.69, 9.17) is 0 Å². The fourth-order valence-corrected chi connectivity index (χ4v) is 3.22. The van der Waals surface area contributed by atoms with Gasteiger partial charge in [0.15, 0.2) is 0 Å². The minimum Gasteiger partial charge on any atom is -0.396 e.